The zero-order chi connectivity index (χ0) is 34.0. The zero-order valence-electron chi connectivity index (χ0n) is 27.5. The van der Waals surface area contributed by atoms with Gasteiger partial charge in [0.05, 0.1) is 13.2 Å². The number of H-pyrrole nitrogens is 1. The molecule has 48 heavy (non-hydrogen) atoms. The molecule has 1 aliphatic heterocycles. The number of hydrogen-bond acceptors (Lipinski definition) is 8. The lowest BCUT2D eigenvalue weighted by Gasteiger charge is -2.33. The van der Waals surface area contributed by atoms with E-state index in [1.54, 1.807) is 18.9 Å². The second kappa shape index (κ2) is 16.6. The number of amides is 3. The highest BCUT2D eigenvalue weighted by atomic mass is 32.2. The molecule has 0 saturated heterocycles. The molecule has 3 aromatic carbocycles. The van der Waals surface area contributed by atoms with Crippen LogP contribution in [-0.2, 0) is 33.9 Å². The van der Waals surface area contributed by atoms with Crippen molar-refractivity contribution in [1.29, 1.82) is 0 Å². The molecule has 0 saturated carbocycles. The van der Waals surface area contributed by atoms with E-state index in [0.717, 1.165) is 37.4 Å². The molecule has 0 aliphatic carbocycles. The van der Waals surface area contributed by atoms with Crippen LogP contribution in [0.4, 0.5) is 0 Å². The molecule has 3 amide bonds. The number of benzene rings is 3. The summed E-state index contributed by atoms with van der Waals surface area (Å²) in [6, 6.07) is 19.1. The van der Waals surface area contributed by atoms with E-state index in [2.05, 4.69) is 20.9 Å². The first-order valence-electron chi connectivity index (χ1n) is 16.4. The van der Waals surface area contributed by atoms with Gasteiger partial charge in [0.25, 0.3) is 0 Å². The summed E-state index contributed by atoms with van der Waals surface area (Å²) in [7, 11) is 1.61. The monoisotopic (exact) mass is 671 g/mol. The fourth-order valence-corrected chi connectivity index (χ4v) is 7.10. The molecule has 3 atom stereocenters. The number of likely N-dealkylation sites (N-methyl/N-ethyl adjacent to an activating group) is 1. The summed E-state index contributed by atoms with van der Waals surface area (Å²) in [4.78, 5) is 48.9. The Kier molecular flexibility index (Phi) is 12.1. The van der Waals surface area contributed by atoms with Gasteiger partial charge in [-0.25, -0.2) is 0 Å². The van der Waals surface area contributed by atoms with Crippen molar-refractivity contribution in [2.24, 2.45) is 11.5 Å². The highest BCUT2D eigenvalue weighted by Gasteiger charge is 2.35. The minimum Gasteiger partial charge on any atom is -0.497 e. The number of carbonyl (C=O) groups excluding carboxylic acids is 3. The Bertz CT molecular complexity index is 1730. The van der Waals surface area contributed by atoms with Crippen LogP contribution in [0.5, 0.6) is 5.75 Å². The van der Waals surface area contributed by atoms with E-state index in [9.17, 15) is 14.4 Å². The second-order valence-electron chi connectivity index (χ2n) is 11.8. The number of hydrogen-bond donors (Lipinski definition) is 6. The van der Waals surface area contributed by atoms with Crippen LogP contribution in [0, 0.1) is 0 Å². The number of rotatable bonds is 8. The third-order valence-electron chi connectivity index (χ3n) is 8.71. The van der Waals surface area contributed by atoms with Crippen LogP contribution < -0.4 is 32.2 Å². The SMILES string of the molecule is CCN1C(=O)[C@H](CN)NC(=O)[C@H](CCCN)NCc2ccccc2Sc2ccc(OC)cc2CNC(=O)[C@@H]1Cc1c[nH]c2ccccc12. The van der Waals surface area contributed by atoms with Crippen molar-refractivity contribution in [3.05, 3.63) is 89.6 Å². The van der Waals surface area contributed by atoms with E-state index in [1.165, 1.54) is 4.90 Å². The van der Waals surface area contributed by atoms with E-state index in [4.69, 9.17) is 16.2 Å². The summed E-state index contributed by atoms with van der Waals surface area (Å²) in [6.45, 7) is 2.99. The molecule has 0 spiro atoms. The van der Waals surface area contributed by atoms with Crippen molar-refractivity contribution in [2.45, 2.75) is 67.2 Å². The predicted octanol–water partition coefficient (Wildman–Crippen LogP) is 3.06. The van der Waals surface area contributed by atoms with Gasteiger partial charge in [-0.05, 0) is 73.3 Å². The Balaban J connectivity index is 1.57. The second-order valence-corrected chi connectivity index (χ2v) is 12.8. The highest BCUT2D eigenvalue weighted by Crippen LogP contribution is 2.35. The Morgan fingerprint density at radius 2 is 1.69 bits per heavy atom. The van der Waals surface area contributed by atoms with Crippen molar-refractivity contribution < 1.29 is 19.1 Å². The Labute approximate surface area is 285 Å². The largest absolute Gasteiger partial charge is 0.497 e. The minimum absolute atomic E-state index is 0.126. The van der Waals surface area contributed by atoms with Crippen molar-refractivity contribution in [3.8, 4) is 5.75 Å². The lowest BCUT2D eigenvalue weighted by atomic mass is 10.0. The van der Waals surface area contributed by atoms with Gasteiger partial charge in [-0.1, -0.05) is 48.2 Å². The Morgan fingerprint density at radius 1 is 0.917 bits per heavy atom. The highest BCUT2D eigenvalue weighted by molar-refractivity contribution is 7.99. The number of methoxy groups -OCH3 is 1. The van der Waals surface area contributed by atoms with Gasteiger partial charge >= 0.3 is 0 Å². The van der Waals surface area contributed by atoms with Crippen molar-refractivity contribution in [2.75, 3.05) is 26.7 Å². The van der Waals surface area contributed by atoms with Gasteiger partial charge < -0.3 is 42.0 Å². The summed E-state index contributed by atoms with van der Waals surface area (Å²) in [6.07, 6.45) is 3.23. The average Bonchev–Trinajstić information content (AvgIpc) is 3.52. The summed E-state index contributed by atoms with van der Waals surface area (Å²) in [5.74, 6) is -0.405. The van der Waals surface area contributed by atoms with Crippen LogP contribution in [-0.4, -0.2) is 72.5 Å². The van der Waals surface area contributed by atoms with E-state index in [-0.39, 0.29) is 37.9 Å². The number of fused-ring (bicyclic) bond motifs is 3. The number of nitrogens with one attached hydrogen (secondary N) is 4. The standard InChI is InChI=1S/C36H45N7O4S/c1-3-43-31(18-24-21-39-28-11-6-5-10-27(24)28)35(45)41-22-25-17-26(47-2)14-15-33(25)48-32-13-7-4-9-23(32)20-40-29(12-8-16-37)34(44)42-30(19-38)36(43)46/h4-7,9-11,13-15,17,21,29-31,39-40H,3,8,12,16,18-20,22,37-38H2,1-2H3,(H,41,45)(H,42,44)/t29-,30-,31-/m0/s1. The van der Waals surface area contributed by atoms with Gasteiger partial charge in [0, 0.05) is 59.5 Å². The maximum Gasteiger partial charge on any atom is 0.247 e. The van der Waals surface area contributed by atoms with E-state index < -0.39 is 24.0 Å². The van der Waals surface area contributed by atoms with Crippen LogP contribution in [0.25, 0.3) is 10.9 Å². The minimum atomic E-state index is -1.03. The predicted molar refractivity (Wildman–Crippen MR) is 188 cm³/mol. The number of para-hydroxylation sites is 1. The van der Waals surface area contributed by atoms with Crippen LogP contribution in [0.1, 0.15) is 36.5 Å². The molecule has 0 radical (unpaired) electrons. The Morgan fingerprint density at radius 3 is 2.46 bits per heavy atom. The average molecular weight is 672 g/mol. The quantitative estimate of drug-likeness (QED) is 0.166. The molecule has 1 aromatic heterocycles. The van der Waals surface area contributed by atoms with Gasteiger partial charge in [-0.15, -0.1) is 0 Å². The van der Waals surface area contributed by atoms with E-state index in [1.807, 2.05) is 79.9 Å². The van der Waals surface area contributed by atoms with Crippen LogP contribution in [0.3, 0.4) is 0 Å². The first-order chi connectivity index (χ1) is 23.4. The third kappa shape index (κ3) is 8.19. The van der Waals surface area contributed by atoms with Gasteiger partial charge in [-0.3, -0.25) is 14.4 Å². The molecular weight excluding hydrogens is 627 g/mol. The number of ether oxygens (including phenoxy) is 1. The summed E-state index contributed by atoms with van der Waals surface area (Å²) in [5.41, 5.74) is 15.7. The molecular formula is C36H45N7O4S. The smallest absolute Gasteiger partial charge is 0.247 e. The maximum atomic E-state index is 14.2. The number of nitrogens with two attached hydrogens (primary N) is 2. The van der Waals surface area contributed by atoms with Crippen LogP contribution >= 0.6 is 11.8 Å². The molecule has 2 heterocycles. The van der Waals surface area contributed by atoms with E-state index in [0.29, 0.717) is 31.7 Å². The molecule has 11 nitrogen and oxygen atoms in total. The molecule has 5 rings (SSSR count). The first-order valence-corrected chi connectivity index (χ1v) is 17.2. The summed E-state index contributed by atoms with van der Waals surface area (Å²) in [5, 5.41) is 10.4. The first kappa shape index (κ1) is 35.0. The Hall–Kier alpha value is -4.36. The molecule has 0 fully saturated rings. The van der Waals surface area contributed by atoms with Gasteiger partial charge in [-0.2, -0.15) is 0 Å². The van der Waals surface area contributed by atoms with Crippen molar-refractivity contribution >= 4 is 40.4 Å². The maximum absolute atomic E-state index is 14.2. The van der Waals surface area contributed by atoms with Crippen molar-refractivity contribution in [1.82, 2.24) is 25.8 Å². The number of nitrogens with zero attached hydrogens (tertiary/aromatic N) is 1. The van der Waals surface area contributed by atoms with Gasteiger partial charge in [0.15, 0.2) is 0 Å². The van der Waals surface area contributed by atoms with Crippen LogP contribution in [0.2, 0.25) is 0 Å². The molecule has 0 bridgehead atoms. The summed E-state index contributed by atoms with van der Waals surface area (Å²) < 4.78 is 5.54. The van der Waals surface area contributed by atoms with Gasteiger partial charge in [0.1, 0.15) is 17.8 Å². The summed E-state index contributed by atoms with van der Waals surface area (Å²) >= 11 is 1.58. The topological polar surface area (TPSA) is 168 Å². The molecule has 12 heteroatoms. The lowest BCUT2D eigenvalue weighted by Crippen LogP contribution is -2.60. The van der Waals surface area contributed by atoms with Gasteiger partial charge in [0.2, 0.25) is 17.7 Å². The molecule has 8 N–H and O–H groups in total. The van der Waals surface area contributed by atoms with Crippen LogP contribution in [0.15, 0.2) is 82.7 Å². The molecule has 1 aliphatic rings. The molecule has 254 valence electrons. The number of aromatic amines is 1. The number of aromatic nitrogens is 1. The van der Waals surface area contributed by atoms with E-state index >= 15 is 0 Å². The zero-order valence-corrected chi connectivity index (χ0v) is 28.3. The molecule has 0 unspecified atom stereocenters. The fraction of sp³-hybridized carbons (Fsp3) is 0.361. The third-order valence-corrected chi connectivity index (χ3v) is 9.94. The fourth-order valence-electron chi connectivity index (χ4n) is 6.05. The lowest BCUT2D eigenvalue weighted by molar-refractivity contribution is -0.143. The molecule has 4 aromatic rings. The van der Waals surface area contributed by atoms with Crippen molar-refractivity contribution in [3.63, 3.8) is 0 Å². The normalized spacial score (nSPS) is 19.6. The number of carbonyl (C=O) groups is 3.